The summed E-state index contributed by atoms with van der Waals surface area (Å²) in [6, 6.07) is 0. The Labute approximate surface area is 75.9 Å². The van der Waals surface area contributed by atoms with Crippen molar-refractivity contribution >= 4 is 7.48 Å². The van der Waals surface area contributed by atoms with Crippen molar-refractivity contribution in [2.75, 3.05) is 0 Å². The molecule has 0 aromatic heterocycles. The summed E-state index contributed by atoms with van der Waals surface area (Å²) in [6.45, 7) is 10.9. The van der Waals surface area contributed by atoms with Gasteiger partial charge in [-0.25, -0.2) is 0 Å². The third kappa shape index (κ3) is 3.41. The number of aliphatic hydroxyl groups is 1. The van der Waals surface area contributed by atoms with Gasteiger partial charge in [0, 0.05) is 0 Å². The van der Waals surface area contributed by atoms with Gasteiger partial charge in [-0.05, 0) is 34.0 Å². The minimum absolute atomic E-state index is 0.504. The average Bonchev–Trinajstić information content (AvgIpc) is 1.85. The van der Waals surface area contributed by atoms with Gasteiger partial charge in [0.2, 0.25) is 0 Å². The lowest BCUT2D eigenvalue weighted by atomic mass is 9.85. The molecule has 0 fully saturated rings. The molecule has 0 atom stereocenters. The van der Waals surface area contributed by atoms with E-state index >= 15 is 0 Å². The largest absolute Gasteiger partial charge is 0.432 e. The topological polar surface area (TPSA) is 29.5 Å². The first-order valence-electron chi connectivity index (χ1n) is 4.28. The first kappa shape index (κ1) is 11.7. The molecule has 3 heteroatoms. The van der Waals surface area contributed by atoms with Crippen LogP contribution in [0.3, 0.4) is 0 Å². The summed E-state index contributed by atoms with van der Waals surface area (Å²) in [6.07, 6.45) is 2.62. The highest BCUT2D eigenvalue weighted by atomic mass is 16.5. The molecule has 0 saturated carbocycles. The third-order valence-corrected chi connectivity index (χ3v) is 2.26. The number of allylic oxidation sites excluding steroid dienone is 1. The molecule has 0 aromatic rings. The van der Waals surface area contributed by atoms with E-state index in [0.29, 0.717) is 7.48 Å². The molecule has 0 radical (unpaired) electrons. The average molecular weight is 170 g/mol. The molecule has 0 aliphatic rings. The molecule has 1 N–H and O–H groups in total. The van der Waals surface area contributed by atoms with Gasteiger partial charge >= 0.3 is 0 Å². The van der Waals surface area contributed by atoms with E-state index in [-0.39, 0.29) is 0 Å². The summed E-state index contributed by atoms with van der Waals surface area (Å²) >= 11 is 0. The predicted octanol–water partition coefficient (Wildman–Crippen LogP) is 1.51. The van der Waals surface area contributed by atoms with Gasteiger partial charge in [-0.2, -0.15) is 0 Å². The maximum Gasteiger partial charge on any atom is 0.279 e. The standard InChI is InChI=1S/C9H19BO2/c1-6-7-10-12-9(4,5)8(2,3)11/h6,10-11H,1,7H2,2-5H3. The third-order valence-electron chi connectivity index (χ3n) is 2.26. The van der Waals surface area contributed by atoms with Crippen molar-refractivity contribution in [3.63, 3.8) is 0 Å². The first-order valence-corrected chi connectivity index (χ1v) is 4.28. The second-order valence-electron chi connectivity index (χ2n) is 4.00. The summed E-state index contributed by atoms with van der Waals surface area (Å²) in [5.74, 6) is 0. The summed E-state index contributed by atoms with van der Waals surface area (Å²) in [7, 11) is 0.612. The maximum atomic E-state index is 9.69. The normalized spacial score (nSPS) is 12.8. The van der Waals surface area contributed by atoms with Crippen molar-refractivity contribution in [2.45, 2.75) is 45.2 Å². The lowest BCUT2D eigenvalue weighted by molar-refractivity contribution is -0.0901. The van der Waals surface area contributed by atoms with Crippen LogP contribution in [0.2, 0.25) is 6.32 Å². The van der Waals surface area contributed by atoms with E-state index in [4.69, 9.17) is 4.65 Å². The van der Waals surface area contributed by atoms with Crippen LogP contribution in [0.25, 0.3) is 0 Å². The summed E-state index contributed by atoms with van der Waals surface area (Å²) in [5, 5.41) is 9.69. The Morgan fingerprint density at radius 2 is 1.92 bits per heavy atom. The highest BCUT2D eigenvalue weighted by Crippen LogP contribution is 2.24. The minimum Gasteiger partial charge on any atom is -0.432 e. The second kappa shape index (κ2) is 4.10. The van der Waals surface area contributed by atoms with E-state index in [1.54, 1.807) is 19.9 Å². The summed E-state index contributed by atoms with van der Waals surface area (Å²) in [4.78, 5) is 0. The molecule has 2 nitrogen and oxygen atoms in total. The van der Waals surface area contributed by atoms with Gasteiger partial charge in [-0.1, -0.05) is 6.08 Å². The highest BCUT2D eigenvalue weighted by Gasteiger charge is 2.35. The minimum atomic E-state index is -0.811. The van der Waals surface area contributed by atoms with E-state index in [2.05, 4.69) is 6.58 Å². The fourth-order valence-electron chi connectivity index (χ4n) is 0.574. The Morgan fingerprint density at radius 1 is 1.42 bits per heavy atom. The Balaban J connectivity index is 3.95. The van der Waals surface area contributed by atoms with Crippen molar-refractivity contribution in [2.24, 2.45) is 0 Å². The maximum absolute atomic E-state index is 9.69. The summed E-state index contributed by atoms with van der Waals surface area (Å²) < 4.78 is 5.51. The van der Waals surface area contributed by atoms with E-state index in [1.807, 2.05) is 13.8 Å². The van der Waals surface area contributed by atoms with Crippen LogP contribution < -0.4 is 0 Å². The molecule has 0 saturated heterocycles. The Hall–Kier alpha value is -0.275. The Morgan fingerprint density at radius 3 is 2.25 bits per heavy atom. The van der Waals surface area contributed by atoms with Crippen LogP contribution in [0.1, 0.15) is 27.7 Å². The van der Waals surface area contributed by atoms with Crippen molar-refractivity contribution in [3.05, 3.63) is 12.7 Å². The smallest absolute Gasteiger partial charge is 0.279 e. The van der Waals surface area contributed by atoms with Gasteiger partial charge in [0.1, 0.15) is 0 Å². The van der Waals surface area contributed by atoms with Crippen molar-refractivity contribution in [1.29, 1.82) is 0 Å². The Bertz CT molecular complexity index is 147. The molecule has 0 unspecified atom stereocenters. The molecule has 0 aromatic carbocycles. The molecule has 12 heavy (non-hydrogen) atoms. The van der Waals surface area contributed by atoms with Crippen molar-refractivity contribution in [3.8, 4) is 0 Å². The van der Waals surface area contributed by atoms with Crippen molar-refractivity contribution < 1.29 is 9.76 Å². The highest BCUT2D eigenvalue weighted by molar-refractivity contribution is 6.28. The predicted molar refractivity (Wildman–Crippen MR) is 53.6 cm³/mol. The fourth-order valence-corrected chi connectivity index (χ4v) is 0.574. The second-order valence-corrected chi connectivity index (χ2v) is 4.00. The molecule has 0 spiro atoms. The molecular formula is C9H19BO2. The van der Waals surface area contributed by atoms with Gasteiger partial charge in [0.25, 0.3) is 7.48 Å². The fraction of sp³-hybridized carbons (Fsp3) is 0.778. The SMILES string of the molecule is C=CCBOC(C)(C)C(C)(C)O. The van der Waals surface area contributed by atoms with E-state index in [0.717, 1.165) is 6.32 Å². The molecule has 0 aliphatic heterocycles. The zero-order valence-corrected chi connectivity index (χ0v) is 8.55. The zero-order chi connectivity index (χ0) is 9.83. The lowest BCUT2D eigenvalue weighted by Crippen LogP contribution is -2.47. The van der Waals surface area contributed by atoms with Gasteiger partial charge in [-0.3, -0.25) is 0 Å². The van der Waals surface area contributed by atoms with Crippen molar-refractivity contribution in [1.82, 2.24) is 0 Å². The van der Waals surface area contributed by atoms with Crippen LogP contribution in [-0.2, 0) is 4.65 Å². The van der Waals surface area contributed by atoms with Gasteiger partial charge in [-0.15, -0.1) is 6.58 Å². The quantitative estimate of drug-likeness (QED) is 0.385. The van der Waals surface area contributed by atoms with Crippen LogP contribution in [0.4, 0.5) is 0 Å². The molecule has 0 aliphatic carbocycles. The monoisotopic (exact) mass is 170 g/mol. The molecular weight excluding hydrogens is 151 g/mol. The number of hydrogen-bond acceptors (Lipinski definition) is 2. The van der Waals surface area contributed by atoms with E-state index in [1.165, 1.54) is 0 Å². The zero-order valence-electron chi connectivity index (χ0n) is 8.55. The lowest BCUT2D eigenvalue weighted by Gasteiger charge is -2.37. The first-order chi connectivity index (χ1) is 5.31. The molecule has 0 amide bonds. The van der Waals surface area contributed by atoms with Gasteiger partial charge in [0.05, 0.1) is 11.2 Å². The molecule has 0 bridgehead atoms. The van der Waals surface area contributed by atoms with E-state index < -0.39 is 11.2 Å². The number of rotatable bonds is 5. The van der Waals surface area contributed by atoms with Crippen LogP contribution in [0.5, 0.6) is 0 Å². The van der Waals surface area contributed by atoms with Gasteiger partial charge < -0.3 is 9.76 Å². The Kier molecular flexibility index (Phi) is 4.01. The molecule has 0 rings (SSSR count). The van der Waals surface area contributed by atoms with Crippen LogP contribution >= 0.6 is 0 Å². The van der Waals surface area contributed by atoms with Crippen LogP contribution in [0.15, 0.2) is 12.7 Å². The van der Waals surface area contributed by atoms with E-state index in [9.17, 15) is 5.11 Å². The van der Waals surface area contributed by atoms with Crippen LogP contribution in [0, 0.1) is 0 Å². The van der Waals surface area contributed by atoms with Crippen LogP contribution in [-0.4, -0.2) is 23.8 Å². The summed E-state index contributed by atoms with van der Waals surface area (Å²) in [5.41, 5.74) is -1.32. The number of hydrogen-bond donors (Lipinski definition) is 1. The van der Waals surface area contributed by atoms with Gasteiger partial charge in [0.15, 0.2) is 0 Å². The molecule has 0 heterocycles. The molecule has 70 valence electrons.